The van der Waals surface area contributed by atoms with Crippen molar-refractivity contribution in [3.8, 4) is 23.0 Å². The predicted molar refractivity (Wildman–Crippen MR) is 112 cm³/mol. The first-order chi connectivity index (χ1) is 14.2. The van der Waals surface area contributed by atoms with Crippen LogP contribution in [0.4, 0.5) is 5.82 Å². The molecule has 3 aliphatic rings. The molecule has 0 aliphatic carbocycles. The summed E-state index contributed by atoms with van der Waals surface area (Å²) in [6.45, 7) is 0.991. The Kier molecular flexibility index (Phi) is 4.55. The van der Waals surface area contributed by atoms with Crippen molar-refractivity contribution in [2.45, 2.75) is 19.4 Å². The minimum atomic E-state index is 0.242. The number of rotatable bonds is 5. The van der Waals surface area contributed by atoms with E-state index in [1.807, 2.05) is 34.9 Å². The minimum Gasteiger partial charge on any atom is -0.454 e. The number of aromatic nitrogens is 4. The molecule has 0 saturated heterocycles. The van der Waals surface area contributed by atoms with Gasteiger partial charge in [-0.1, -0.05) is 46.3 Å². The highest BCUT2D eigenvalue weighted by molar-refractivity contribution is 9.10. The van der Waals surface area contributed by atoms with Crippen LogP contribution >= 0.6 is 15.9 Å². The molecule has 2 aromatic carbocycles. The molecule has 3 heterocycles. The molecule has 29 heavy (non-hydrogen) atoms. The maximum atomic E-state index is 6.07. The Morgan fingerprint density at radius 2 is 1.86 bits per heavy atom. The Morgan fingerprint density at radius 3 is 2.69 bits per heavy atom. The van der Waals surface area contributed by atoms with Crippen molar-refractivity contribution in [3.05, 3.63) is 70.2 Å². The van der Waals surface area contributed by atoms with E-state index in [0.29, 0.717) is 23.8 Å². The monoisotopic (exact) mass is 451 g/mol. The lowest BCUT2D eigenvalue weighted by Crippen LogP contribution is -2.09. The first-order valence-corrected chi connectivity index (χ1v) is 10.1. The third-order valence-electron chi connectivity index (χ3n) is 4.91. The fourth-order valence-corrected chi connectivity index (χ4v) is 3.86. The van der Waals surface area contributed by atoms with Crippen LogP contribution in [-0.2, 0) is 19.4 Å². The number of nitrogens with two attached hydrogens (primary N) is 1. The maximum absolute atomic E-state index is 6.07. The summed E-state index contributed by atoms with van der Waals surface area (Å²) in [7, 11) is 0. The molecule has 0 radical (unpaired) electrons. The molecule has 0 aromatic heterocycles. The summed E-state index contributed by atoms with van der Waals surface area (Å²) in [6, 6.07) is 14.2. The fraction of sp³-hybridized carbons (Fsp3) is 0.190. The Bertz CT molecular complexity index is 1150. The number of imidazole rings is 1. The topological polar surface area (TPSA) is 88.1 Å². The fourth-order valence-electron chi connectivity index (χ4n) is 3.40. The van der Waals surface area contributed by atoms with E-state index in [1.165, 1.54) is 5.56 Å². The third-order valence-corrected chi connectivity index (χ3v) is 5.65. The van der Waals surface area contributed by atoms with E-state index in [9.17, 15) is 0 Å². The van der Waals surface area contributed by atoms with Crippen LogP contribution in [0.2, 0.25) is 0 Å². The average molecular weight is 452 g/mol. The molecule has 2 aromatic rings. The van der Waals surface area contributed by atoms with Crippen LogP contribution in [0.25, 0.3) is 11.5 Å². The van der Waals surface area contributed by atoms with Crippen LogP contribution in [0, 0.1) is 0 Å². The van der Waals surface area contributed by atoms with Gasteiger partial charge in [0.05, 0.1) is 6.33 Å². The first-order valence-electron chi connectivity index (χ1n) is 9.26. The lowest BCUT2D eigenvalue weighted by molar-refractivity contribution is 0.174. The summed E-state index contributed by atoms with van der Waals surface area (Å²) in [5.74, 6) is 3.30. The van der Waals surface area contributed by atoms with E-state index < -0.39 is 0 Å². The van der Waals surface area contributed by atoms with Crippen molar-refractivity contribution < 1.29 is 9.47 Å². The van der Waals surface area contributed by atoms with Gasteiger partial charge in [-0.3, -0.25) is 0 Å². The third kappa shape index (κ3) is 3.51. The molecule has 0 bridgehead atoms. The largest absolute Gasteiger partial charge is 0.454 e. The number of halogens is 1. The number of hydrogen-bond donors (Lipinski definition) is 1. The first kappa shape index (κ1) is 17.9. The predicted octanol–water partition coefficient (Wildman–Crippen LogP) is 3.68. The Hall–Kier alpha value is -3.13. The molecule has 3 aliphatic heterocycles. The zero-order chi connectivity index (χ0) is 19.8. The summed E-state index contributed by atoms with van der Waals surface area (Å²) in [6.07, 6.45) is 3.15. The second kappa shape index (κ2) is 7.36. The number of benzene rings is 2. The van der Waals surface area contributed by atoms with Crippen LogP contribution in [0.3, 0.4) is 0 Å². The second-order valence-electron chi connectivity index (χ2n) is 6.84. The van der Waals surface area contributed by atoms with Crippen LogP contribution < -0.4 is 15.2 Å². The van der Waals surface area contributed by atoms with Crippen molar-refractivity contribution in [2.75, 3.05) is 12.5 Å². The van der Waals surface area contributed by atoms with E-state index in [4.69, 9.17) is 20.2 Å². The van der Waals surface area contributed by atoms with Gasteiger partial charge >= 0.3 is 0 Å². The Morgan fingerprint density at radius 1 is 1.07 bits per heavy atom. The van der Waals surface area contributed by atoms with Gasteiger partial charge in [0.2, 0.25) is 6.79 Å². The van der Waals surface area contributed by atoms with Crippen LogP contribution in [-0.4, -0.2) is 26.3 Å². The van der Waals surface area contributed by atoms with E-state index >= 15 is 0 Å². The minimum absolute atomic E-state index is 0.242. The quantitative estimate of drug-likeness (QED) is 0.497. The van der Waals surface area contributed by atoms with E-state index in [-0.39, 0.29) is 6.79 Å². The molecule has 0 amide bonds. The highest BCUT2D eigenvalue weighted by atomic mass is 79.9. The maximum Gasteiger partial charge on any atom is 0.231 e. The van der Waals surface area contributed by atoms with Gasteiger partial charge < -0.3 is 19.8 Å². The molecule has 8 heteroatoms. The summed E-state index contributed by atoms with van der Waals surface area (Å²) in [4.78, 5) is 13.7. The normalized spacial score (nSPS) is 12.6. The molecule has 0 saturated carbocycles. The van der Waals surface area contributed by atoms with Crippen molar-refractivity contribution >= 4 is 21.7 Å². The Balaban J connectivity index is 1.44. The molecule has 0 spiro atoms. The highest BCUT2D eigenvalue weighted by Crippen LogP contribution is 2.37. The summed E-state index contributed by atoms with van der Waals surface area (Å²) in [5.41, 5.74) is 8.98. The van der Waals surface area contributed by atoms with Gasteiger partial charge in [-0.15, -0.1) is 0 Å². The molecule has 0 fully saturated rings. The highest BCUT2D eigenvalue weighted by Gasteiger charge is 2.21. The molecule has 2 N–H and O–H groups in total. The van der Waals surface area contributed by atoms with Crippen molar-refractivity contribution in [2.24, 2.45) is 0 Å². The van der Waals surface area contributed by atoms with Gasteiger partial charge in [0.25, 0.3) is 0 Å². The number of nitrogen functional groups attached to an aromatic ring is 1. The molecule has 146 valence electrons. The summed E-state index contributed by atoms with van der Waals surface area (Å²) in [5, 5.41) is 0. The van der Waals surface area contributed by atoms with Crippen molar-refractivity contribution in [1.29, 1.82) is 0 Å². The van der Waals surface area contributed by atoms with Gasteiger partial charge in [-0.05, 0) is 29.7 Å². The molecule has 5 rings (SSSR count). The van der Waals surface area contributed by atoms with Crippen molar-refractivity contribution in [3.63, 3.8) is 0 Å². The van der Waals surface area contributed by atoms with Crippen LogP contribution in [0.15, 0.2) is 53.3 Å². The number of aryl methyl sites for hydroxylation is 2. The zero-order valence-corrected chi connectivity index (χ0v) is 17.1. The lowest BCUT2D eigenvalue weighted by Gasteiger charge is -2.11. The standard InChI is InChI=1S/C21H18BrN5O2/c22-15-10-17-16(28-12-29-17)8-14(15)9-18-25-19-20(23)24-11-27(21(19)26-18)7-6-13-4-2-1-3-5-13/h1-5,8,10-11H,6-7,9,12,23H2. The molecule has 0 atom stereocenters. The zero-order valence-electron chi connectivity index (χ0n) is 15.5. The molecular weight excluding hydrogens is 434 g/mol. The summed E-state index contributed by atoms with van der Waals surface area (Å²) < 4.78 is 13.8. The summed E-state index contributed by atoms with van der Waals surface area (Å²) >= 11 is 3.60. The lowest BCUT2D eigenvalue weighted by atomic mass is 10.1. The van der Waals surface area contributed by atoms with Crippen LogP contribution in [0.5, 0.6) is 11.5 Å². The van der Waals surface area contributed by atoms with Crippen LogP contribution in [0.1, 0.15) is 17.0 Å². The van der Waals surface area contributed by atoms with E-state index in [1.54, 1.807) is 6.33 Å². The average Bonchev–Trinajstić information content (AvgIpc) is 3.36. The number of ether oxygens (including phenoxy) is 2. The van der Waals surface area contributed by atoms with E-state index in [0.717, 1.165) is 40.3 Å². The Labute approximate surface area is 176 Å². The smallest absolute Gasteiger partial charge is 0.231 e. The second-order valence-corrected chi connectivity index (χ2v) is 7.70. The number of hydrogen-bond acceptors (Lipinski definition) is 6. The van der Waals surface area contributed by atoms with Gasteiger partial charge in [-0.2, -0.15) is 0 Å². The number of fused-ring (bicyclic) bond motifs is 2. The van der Waals surface area contributed by atoms with Crippen molar-refractivity contribution in [1.82, 2.24) is 19.5 Å². The van der Waals surface area contributed by atoms with Gasteiger partial charge in [-0.25, -0.2) is 15.0 Å². The molecule has 7 nitrogen and oxygen atoms in total. The molecular formula is C21H18BrN5O2. The molecule has 0 unspecified atom stereocenters. The van der Waals surface area contributed by atoms with Gasteiger partial charge in [0, 0.05) is 17.4 Å². The van der Waals surface area contributed by atoms with Gasteiger partial charge in [0.15, 0.2) is 28.8 Å². The SMILES string of the molecule is Nc1ncn(CCc2ccccc2)c2nc(Cc3cc4c(cc3Br)OCO4)nc1-2. The van der Waals surface area contributed by atoms with Gasteiger partial charge in [0.1, 0.15) is 5.82 Å². The van der Waals surface area contributed by atoms with E-state index in [2.05, 4.69) is 38.0 Å². The number of anilines is 1. The number of nitrogens with zero attached hydrogens (tertiary/aromatic N) is 4.